The highest BCUT2D eigenvalue weighted by molar-refractivity contribution is 7.92. The molecule has 4 nitrogen and oxygen atoms in total. The lowest BCUT2D eigenvalue weighted by molar-refractivity contribution is -0.348. The molecule has 0 bridgehead atoms. The van der Waals surface area contributed by atoms with E-state index in [4.69, 9.17) is 0 Å². The number of allylic oxidation sites excluding steroid dienone is 1. The largest absolute Gasteiger partial charge is 0.435 e. The molecule has 1 N–H and O–H groups in total. The fourth-order valence-corrected chi connectivity index (χ4v) is 8.52. The van der Waals surface area contributed by atoms with Crippen molar-refractivity contribution in [3.63, 3.8) is 0 Å². The molecule has 0 heterocycles. The van der Waals surface area contributed by atoms with Gasteiger partial charge in [0.05, 0.1) is 4.90 Å². The first-order chi connectivity index (χ1) is 18.4. The molecule has 40 heavy (non-hydrogen) atoms. The van der Waals surface area contributed by atoms with Crippen molar-refractivity contribution in [2.75, 3.05) is 0 Å². The van der Waals surface area contributed by atoms with Crippen LogP contribution in [0.3, 0.4) is 0 Å². The van der Waals surface area contributed by atoms with Crippen LogP contribution in [0, 0.1) is 17.7 Å². The molecular formula is C27H25F8NO3S. The Morgan fingerprint density at radius 3 is 2.15 bits per heavy atom. The van der Waals surface area contributed by atoms with Crippen LogP contribution in [-0.2, 0) is 31.5 Å². The van der Waals surface area contributed by atoms with Crippen LogP contribution in [0.4, 0.5) is 35.1 Å². The van der Waals surface area contributed by atoms with Gasteiger partial charge in [-0.15, -0.1) is 0 Å². The molecule has 13 heteroatoms. The second-order valence-corrected chi connectivity index (χ2v) is 12.3. The van der Waals surface area contributed by atoms with E-state index < -0.39 is 61.7 Å². The molecule has 2 aliphatic carbocycles. The maximum absolute atomic E-state index is 14.9. The summed E-state index contributed by atoms with van der Waals surface area (Å²) in [5.74, 6) is -3.05. The van der Waals surface area contributed by atoms with Gasteiger partial charge in [-0.3, -0.25) is 4.79 Å². The van der Waals surface area contributed by atoms with Crippen molar-refractivity contribution in [2.45, 2.75) is 66.7 Å². The molecule has 1 amide bonds. The summed E-state index contributed by atoms with van der Waals surface area (Å²) in [5, 5.41) is 2.63. The van der Waals surface area contributed by atoms with E-state index >= 15 is 0 Å². The van der Waals surface area contributed by atoms with Gasteiger partial charge in [-0.25, -0.2) is 17.2 Å². The lowest BCUT2D eigenvalue weighted by Gasteiger charge is -2.42. The molecule has 4 rings (SSSR count). The summed E-state index contributed by atoms with van der Waals surface area (Å²) < 4.78 is 136. The summed E-state index contributed by atoms with van der Waals surface area (Å²) in [5.41, 5.74) is -7.33. The Kier molecular flexibility index (Phi) is 7.39. The Labute approximate surface area is 225 Å². The number of alkyl halides is 7. The Morgan fingerprint density at radius 2 is 1.60 bits per heavy atom. The van der Waals surface area contributed by atoms with E-state index in [0.29, 0.717) is 24.3 Å². The van der Waals surface area contributed by atoms with Gasteiger partial charge in [-0.2, -0.15) is 26.3 Å². The molecule has 2 aromatic rings. The Balaban J connectivity index is 1.93. The van der Waals surface area contributed by atoms with Gasteiger partial charge in [0.25, 0.3) is 0 Å². The van der Waals surface area contributed by atoms with Crippen molar-refractivity contribution in [2.24, 2.45) is 11.8 Å². The average molecular weight is 596 g/mol. The van der Waals surface area contributed by atoms with E-state index in [1.54, 1.807) is 6.92 Å². The third-order valence-corrected chi connectivity index (χ3v) is 10.6. The lowest BCUT2D eigenvalue weighted by atomic mass is 9.72. The minimum absolute atomic E-state index is 0.0350. The number of aryl methyl sites for hydroxylation is 1. The number of nitrogens with one attached hydrogen (secondary N) is 1. The number of hydrogen-bond acceptors (Lipinski definition) is 3. The van der Waals surface area contributed by atoms with E-state index in [-0.39, 0.29) is 41.7 Å². The van der Waals surface area contributed by atoms with Crippen LogP contribution in [0.5, 0.6) is 0 Å². The summed E-state index contributed by atoms with van der Waals surface area (Å²) in [7, 11) is -4.50. The predicted molar refractivity (Wildman–Crippen MR) is 129 cm³/mol. The Morgan fingerprint density at radius 1 is 1.00 bits per heavy atom. The topological polar surface area (TPSA) is 63.2 Å². The molecule has 1 fully saturated rings. The zero-order valence-electron chi connectivity index (χ0n) is 21.1. The van der Waals surface area contributed by atoms with Gasteiger partial charge < -0.3 is 5.32 Å². The highest BCUT2D eigenvalue weighted by atomic mass is 32.2. The van der Waals surface area contributed by atoms with Gasteiger partial charge in [0.1, 0.15) is 10.6 Å². The molecule has 218 valence electrons. The van der Waals surface area contributed by atoms with Crippen LogP contribution in [0.2, 0.25) is 0 Å². The first-order valence-electron chi connectivity index (χ1n) is 12.4. The molecule has 1 saturated carbocycles. The number of carbonyl (C=O) groups is 1. The highest BCUT2D eigenvalue weighted by Gasteiger charge is 2.73. The minimum Gasteiger partial charge on any atom is -0.330 e. The molecule has 0 aromatic heterocycles. The Bertz CT molecular complexity index is 1420. The van der Waals surface area contributed by atoms with Gasteiger partial charge in [-0.1, -0.05) is 31.7 Å². The maximum Gasteiger partial charge on any atom is 0.435 e. The van der Waals surface area contributed by atoms with Gasteiger partial charge in [0.15, 0.2) is 9.84 Å². The predicted octanol–water partition coefficient (Wildman–Crippen LogP) is 6.80. The van der Waals surface area contributed by atoms with Crippen LogP contribution < -0.4 is 5.32 Å². The van der Waals surface area contributed by atoms with E-state index in [9.17, 15) is 48.3 Å². The van der Waals surface area contributed by atoms with Gasteiger partial charge in [-0.05, 0) is 73.4 Å². The number of fused-ring (bicyclic) bond motifs is 3. The quantitative estimate of drug-likeness (QED) is 0.295. The molecule has 2 aromatic carbocycles. The molecule has 0 radical (unpaired) electrons. The molecule has 0 spiro atoms. The molecular weight excluding hydrogens is 570 g/mol. The lowest BCUT2D eigenvalue weighted by Crippen LogP contribution is -2.51. The van der Waals surface area contributed by atoms with Gasteiger partial charge in [0, 0.05) is 17.2 Å². The first-order valence-corrected chi connectivity index (χ1v) is 13.8. The van der Waals surface area contributed by atoms with Crippen LogP contribution in [0.15, 0.2) is 59.6 Å². The molecule has 0 saturated heterocycles. The van der Waals surface area contributed by atoms with Crippen molar-refractivity contribution < 1.29 is 48.3 Å². The van der Waals surface area contributed by atoms with Crippen LogP contribution in [0.1, 0.15) is 49.3 Å². The molecule has 0 aliphatic heterocycles. The van der Waals surface area contributed by atoms with Crippen molar-refractivity contribution in [1.82, 2.24) is 5.32 Å². The van der Waals surface area contributed by atoms with Crippen LogP contribution in [0.25, 0.3) is 0 Å². The molecule has 0 unspecified atom stereocenters. The van der Waals surface area contributed by atoms with E-state index in [0.717, 1.165) is 30.3 Å². The maximum atomic E-state index is 14.9. The summed E-state index contributed by atoms with van der Waals surface area (Å²) in [6.07, 6.45) is -12.7. The van der Waals surface area contributed by atoms with Crippen LogP contribution in [-0.4, -0.2) is 26.7 Å². The fraction of sp³-hybridized carbons (Fsp3) is 0.444. The van der Waals surface area contributed by atoms with Crippen molar-refractivity contribution in [1.29, 1.82) is 0 Å². The number of carbonyl (C=O) groups excluding carboxylic acids is 1. The molecule has 2 aliphatic rings. The van der Waals surface area contributed by atoms with E-state index in [1.165, 1.54) is 0 Å². The highest BCUT2D eigenvalue weighted by Crippen LogP contribution is 2.60. The van der Waals surface area contributed by atoms with E-state index in [2.05, 4.69) is 11.9 Å². The molecule has 3 atom stereocenters. The monoisotopic (exact) mass is 595 g/mol. The van der Waals surface area contributed by atoms with Gasteiger partial charge in [0.2, 0.25) is 5.91 Å². The number of hydrogen-bond donors (Lipinski definition) is 1. The van der Waals surface area contributed by atoms with Crippen molar-refractivity contribution in [3.05, 3.63) is 77.2 Å². The van der Waals surface area contributed by atoms with E-state index in [1.807, 2.05) is 0 Å². The normalized spacial score (nSPS) is 23.3. The van der Waals surface area contributed by atoms with Crippen molar-refractivity contribution >= 4 is 15.7 Å². The number of amides is 1. The number of halogens is 8. The van der Waals surface area contributed by atoms with Crippen molar-refractivity contribution in [3.8, 4) is 0 Å². The Hall–Kier alpha value is -2.96. The SMILES string of the molecule is C=C(CC)NC(=O)[C@@H]1CC[C@@]2(S(=O)(=O)c3ccc(F)cc3)c3ccc(C(F)(C(F)(F)F)C(F)(F)F)cc3CC[C@@H]12. The van der Waals surface area contributed by atoms with Crippen LogP contribution >= 0.6 is 0 Å². The summed E-state index contributed by atoms with van der Waals surface area (Å²) in [6, 6.07) is 5.32. The second-order valence-electron chi connectivity index (χ2n) is 10.1. The zero-order chi connectivity index (χ0) is 29.9. The summed E-state index contributed by atoms with van der Waals surface area (Å²) in [6.45, 7) is 5.45. The smallest absolute Gasteiger partial charge is 0.330 e. The zero-order valence-corrected chi connectivity index (χ0v) is 21.9. The second kappa shape index (κ2) is 9.85. The summed E-state index contributed by atoms with van der Waals surface area (Å²) in [4.78, 5) is 12.8. The number of rotatable bonds is 6. The van der Waals surface area contributed by atoms with Gasteiger partial charge >= 0.3 is 18.0 Å². The summed E-state index contributed by atoms with van der Waals surface area (Å²) >= 11 is 0. The third kappa shape index (κ3) is 4.40. The number of benzene rings is 2. The standard InChI is InChI=1S/C27H25F8NO3S/c1-3-15(2)36-23(37)20-12-13-24(40(38,39)19-8-6-18(28)7-9-19)21-11-5-17(14-16(21)4-10-22(20)24)25(29,26(30,31)32)27(33,34)35/h5-9,11,14,20,22H,2-4,10,12-13H2,1H3,(H,36,37)/t20-,22+,24-/m1/s1. The average Bonchev–Trinajstić information content (AvgIpc) is 3.28. The first kappa shape index (κ1) is 30.0. The fourth-order valence-electron chi connectivity index (χ4n) is 6.05. The minimum atomic E-state index is -6.34. The number of sulfone groups is 1. The third-order valence-electron chi connectivity index (χ3n) is 8.04.